The predicted octanol–water partition coefficient (Wildman–Crippen LogP) is 2.42. The Morgan fingerprint density at radius 2 is 2.00 bits per heavy atom. The van der Waals surface area contributed by atoms with E-state index in [9.17, 15) is 9.59 Å². The van der Waals surface area contributed by atoms with Crippen LogP contribution in [0, 0.1) is 11.8 Å². The lowest BCUT2D eigenvalue weighted by Gasteiger charge is -2.10. The molecule has 1 fully saturated rings. The molecule has 3 rings (SSSR count). The topological polar surface area (TPSA) is 77.8 Å². The fraction of sp³-hybridized carbons (Fsp3) is 0.333. The molecule has 24 heavy (non-hydrogen) atoms. The molecule has 1 aliphatic rings. The summed E-state index contributed by atoms with van der Waals surface area (Å²) in [5, 5.41) is 8.94. The highest BCUT2D eigenvalue weighted by molar-refractivity contribution is 5.91. The van der Waals surface area contributed by atoms with E-state index in [0.717, 1.165) is 5.56 Å². The number of rotatable bonds is 7. The minimum atomic E-state index is -0.793. The summed E-state index contributed by atoms with van der Waals surface area (Å²) >= 11 is 0. The number of carboxylic acids is 1. The van der Waals surface area contributed by atoms with Crippen LogP contribution in [0.25, 0.3) is 0 Å². The first-order valence-corrected chi connectivity index (χ1v) is 7.77. The number of benzene rings is 1. The molecule has 2 atom stereocenters. The van der Waals surface area contributed by atoms with Gasteiger partial charge in [-0.05, 0) is 18.1 Å². The van der Waals surface area contributed by atoms with Crippen LogP contribution in [0.2, 0.25) is 0 Å². The van der Waals surface area contributed by atoms with E-state index in [1.165, 1.54) is 7.11 Å². The second-order valence-corrected chi connectivity index (χ2v) is 5.89. The van der Waals surface area contributed by atoms with Crippen molar-refractivity contribution in [2.45, 2.75) is 13.0 Å². The summed E-state index contributed by atoms with van der Waals surface area (Å²) in [7, 11) is 1.33. The molecule has 0 spiro atoms. The Morgan fingerprint density at radius 1 is 1.25 bits per heavy atom. The van der Waals surface area contributed by atoms with Gasteiger partial charge in [-0.25, -0.2) is 4.79 Å². The highest BCUT2D eigenvalue weighted by atomic mass is 16.5. The molecule has 0 aliphatic heterocycles. The quantitative estimate of drug-likeness (QED) is 0.789. The molecule has 126 valence electrons. The summed E-state index contributed by atoms with van der Waals surface area (Å²) in [6, 6.07) is 11.5. The van der Waals surface area contributed by atoms with Crippen LogP contribution in [0.15, 0.2) is 42.6 Å². The Hall–Kier alpha value is -2.76. The summed E-state index contributed by atoms with van der Waals surface area (Å²) < 4.78 is 12.3. The molecule has 1 N–H and O–H groups in total. The SMILES string of the molecule is COC(=O)c1c(OC[C@@H]2C[C@H]2C(=O)O)ccn1Cc1ccccc1. The number of hydrogen-bond acceptors (Lipinski definition) is 4. The molecule has 1 aromatic heterocycles. The van der Waals surface area contributed by atoms with Gasteiger partial charge in [0.05, 0.1) is 19.6 Å². The van der Waals surface area contributed by atoms with Gasteiger partial charge in [-0.1, -0.05) is 30.3 Å². The molecule has 0 bridgehead atoms. The normalized spacial score (nSPS) is 18.9. The van der Waals surface area contributed by atoms with Crippen LogP contribution < -0.4 is 4.74 Å². The lowest BCUT2D eigenvalue weighted by Crippen LogP contribution is -2.14. The Kier molecular flexibility index (Phi) is 4.55. The number of aliphatic carboxylic acids is 1. The predicted molar refractivity (Wildman–Crippen MR) is 86.0 cm³/mol. The van der Waals surface area contributed by atoms with Gasteiger partial charge in [0, 0.05) is 18.7 Å². The number of carboxylic acid groups (broad SMARTS) is 1. The van der Waals surface area contributed by atoms with E-state index in [0.29, 0.717) is 24.4 Å². The fourth-order valence-electron chi connectivity index (χ4n) is 2.73. The van der Waals surface area contributed by atoms with Crippen molar-refractivity contribution in [1.82, 2.24) is 4.57 Å². The highest BCUT2D eigenvalue weighted by Gasteiger charge is 2.43. The Bertz CT molecular complexity index is 737. The van der Waals surface area contributed by atoms with Crippen LogP contribution >= 0.6 is 0 Å². The zero-order valence-corrected chi connectivity index (χ0v) is 13.3. The number of methoxy groups -OCH3 is 1. The first-order valence-electron chi connectivity index (χ1n) is 7.77. The van der Waals surface area contributed by atoms with Gasteiger partial charge in [0.25, 0.3) is 0 Å². The first-order chi connectivity index (χ1) is 11.6. The first kappa shape index (κ1) is 16.1. The van der Waals surface area contributed by atoms with Gasteiger partial charge in [0.15, 0.2) is 11.4 Å². The smallest absolute Gasteiger partial charge is 0.358 e. The average molecular weight is 329 g/mol. The Balaban J connectivity index is 1.74. The molecule has 0 saturated heterocycles. The van der Waals surface area contributed by atoms with Gasteiger partial charge in [-0.2, -0.15) is 0 Å². The summed E-state index contributed by atoms with van der Waals surface area (Å²) in [6.07, 6.45) is 2.39. The van der Waals surface area contributed by atoms with Crippen molar-refractivity contribution >= 4 is 11.9 Å². The number of esters is 1. The van der Waals surface area contributed by atoms with Crippen molar-refractivity contribution < 1.29 is 24.2 Å². The minimum Gasteiger partial charge on any atom is -0.491 e. The van der Waals surface area contributed by atoms with Gasteiger partial charge < -0.3 is 19.1 Å². The van der Waals surface area contributed by atoms with E-state index >= 15 is 0 Å². The van der Waals surface area contributed by atoms with Crippen LogP contribution in [0.1, 0.15) is 22.5 Å². The van der Waals surface area contributed by atoms with E-state index in [2.05, 4.69) is 0 Å². The van der Waals surface area contributed by atoms with Gasteiger partial charge in [0.2, 0.25) is 0 Å². The minimum absolute atomic E-state index is 0.00507. The molecule has 2 aromatic rings. The summed E-state index contributed by atoms with van der Waals surface area (Å²) in [4.78, 5) is 23.0. The molecule has 0 radical (unpaired) electrons. The lowest BCUT2D eigenvalue weighted by atomic mass is 10.2. The third-order valence-electron chi connectivity index (χ3n) is 4.19. The number of ether oxygens (including phenoxy) is 2. The van der Waals surface area contributed by atoms with Crippen LogP contribution in [-0.4, -0.2) is 35.3 Å². The van der Waals surface area contributed by atoms with E-state index in [1.54, 1.807) is 16.8 Å². The number of nitrogens with zero attached hydrogens (tertiary/aromatic N) is 1. The summed E-state index contributed by atoms with van der Waals surface area (Å²) in [5.74, 6) is -1.17. The molecular formula is C18H19NO5. The van der Waals surface area contributed by atoms with Crippen LogP contribution in [0.3, 0.4) is 0 Å². The molecule has 1 aliphatic carbocycles. The van der Waals surface area contributed by atoms with Gasteiger partial charge >= 0.3 is 11.9 Å². The summed E-state index contributed by atoms with van der Waals surface area (Å²) in [6.45, 7) is 0.812. The molecule has 0 amide bonds. The maximum absolute atomic E-state index is 12.1. The van der Waals surface area contributed by atoms with Gasteiger partial charge in [0.1, 0.15) is 0 Å². The van der Waals surface area contributed by atoms with Gasteiger partial charge in [-0.15, -0.1) is 0 Å². The fourth-order valence-corrected chi connectivity index (χ4v) is 2.73. The van der Waals surface area contributed by atoms with E-state index < -0.39 is 11.9 Å². The summed E-state index contributed by atoms with van der Waals surface area (Å²) in [5.41, 5.74) is 1.40. The largest absolute Gasteiger partial charge is 0.491 e. The maximum Gasteiger partial charge on any atom is 0.358 e. The molecule has 1 heterocycles. The number of carbonyl (C=O) groups is 2. The van der Waals surface area contributed by atoms with E-state index in [4.69, 9.17) is 14.6 Å². The highest BCUT2D eigenvalue weighted by Crippen LogP contribution is 2.39. The lowest BCUT2D eigenvalue weighted by molar-refractivity contribution is -0.138. The number of hydrogen-bond donors (Lipinski definition) is 1. The molecule has 0 unspecified atom stereocenters. The van der Waals surface area contributed by atoms with Crippen molar-refractivity contribution in [1.29, 1.82) is 0 Å². The van der Waals surface area contributed by atoms with Crippen LogP contribution in [0.5, 0.6) is 5.75 Å². The van der Waals surface area contributed by atoms with Crippen molar-refractivity contribution in [2.24, 2.45) is 11.8 Å². The Morgan fingerprint density at radius 3 is 2.62 bits per heavy atom. The Labute approximate surface area is 139 Å². The van der Waals surface area contributed by atoms with Gasteiger partial charge in [-0.3, -0.25) is 4.79 Å². The average Bonchev–Trinajstić information content (AvgIpc) is 3.27. The second kappa shape index (κ2) is 6.78. The van der Waals surface area contributed by atoms with Crippen LogP contribution in [0.4, 0.5) is 0 Å². The molecule has 6 nitrogen and oxygen atoms in total. The van der Waals surface area contributed by atoms with Crippen molar-refractivity contribution in [2.75, 3.05) is 13.7 Å². The zero-order chi connectivity index (χ0) is 17.1. The van der Waals surface area contributed by atoms with Crippen molar-refractivity contribution in [3.8, 4) is 5.75 Å². The van der Waals surface area contributed by atoms with Crippen molar-refractivity contribution in [3.05, 3.63) is 53.9 Å². The van der Waals surface area contributed by atoms with Crippen LogP contribution in [-0.2, 0) is 16.1 Å². The zero-order valence-electron chi connectivity index (χ0n) is 13.3. The molecular weight excluding hydrogens is 310 g/mol. The number of aromatic nitrogens is 1. The maximum atomic E-state index is 12.1. The van der Waals surface area contributed by atoms with E-state index in [-0.39, 0.29) is 18.4 Å². The number of carbonyl (C=O) groups excluding carboxylic acids is 1. The van der Waals surface area contributed by atoms with Crippen molar-refractivity contribution in [3.63, 3.8) is 0 Å². The monoisotopic (exact) mass is 329 g/mol. The molecule has 1 saturated carbocycles. The third kappa shape index (κ3) is 3.42. The third-order valence-corrected chi connectivity index (χ3v) is 4.19. The standard InChI is InChI=1S/C18H19NO5/c1-23-18(22)16-15(24-11-13-9-14(13)17(20)21)7-8-19(16)10-12-5-3-2-4-6-12/h2-8,13-14H,9-11H2,1H3,(H,20,21)/t13-,14+/m0/s1. The second-order valence-electron chi connectivity index (χ2n) is 5.89. The molecule has 1 aromatic carbocycles. The molecule has 6 heteroatoms. The van der Waals surface area contributed by atoms with E-state index in [1.807, 2.05) is 30.3 Å².